The van der Waals surface area contributed by atoms with Crippen LogP contribution >= 0.6 is 15.9 Å². The van der Waals surface area contributed by atoms with Crippen molar-refractivity contribution in [3.05, 3.63) is 52.1 Å². The largest absolute Gasteiger partial charge is 0.392 e. The van der Waals surface area contributed by atoms with Gasteiger partial charge in [-0.25, -0.2) is 4.98 Å². The molecule has 0 aliphatic carbocycles. The van der Waals surface area contributed by atoms with Gasteiger partial charge in [0.2, 0.25) is 0 Å². The molecule has 4 heteroatoms. The number of rotatable bonds is 3. The van der Waals surface area contributed by atoms with Crippen molar-refractivity contribution in [3.63, 3.8) is 0 Å². The second kappa shape index (κ2) is 5.50. The molecule has 18 heavy (non-hydrogen) atoms. The maximum absolute atomic E-state index is 9.42. The molecule has 1 N–H and O–H groups in total. The lowest BCUT2D eigenvalue weighted by molar-refractivity contribution is 0.282. The highest BCUT2D eigenvalue weighted by Gasteiger charge is 2.12. The first-order valence-corrected chi connectivity index (χ1v) is 6.47. The number of pyridine rings is 1. The Morgan fingerprint density at radius 2 is 2.06 bits per heavy atom. The first-order valence-electron chi connectivity index (χ1n) is 5.68. The van der Waals surface area contributed by atoms with Crippen molar-refractivity contribution in [3.8, 4) is 0 Å². The molecule has 1 aromatic heterocycles. The molecule has 0 unspecified atom stereocenters. The molecule has 1 heterocycles. The number of aryl methyl sites for hydroxylation is 1. The highest BCUT2D eigenvalue weighted by molar-refractivity contribution is 9.10. The van der Waals surface area contributed by atoms with E-state index in [9.17, 15) is 5.11 Å². The van der Waals surface area contributed by atoms with Crippen molar-refractivity contribution in [1.82, 2.24) is 4.98 Å². The zero-order valence-electron chi connectivity index (χ0n) is 10.4. The average molecular weight is 307 g/mol. The van der Waals surface area contributed by atoms with Gasteiger partial charge in [-0.3, -0.25) is 0 Å². The highest BCUT2D eigenvalue weighted by atomic mass is 79.9. The van der Waals surface area contributed by atoms with Crippen LogP contribution in [-0.4, -0.2) is 17.1 Å². The van der Waals surface area contributed by atoms with Crippen LogP contribution in [-0.2, 0) is 6.61 Å². The number of aromatic nitrogens is 1. The molecule has 0 atom stereocenters. The van der Waals surface area contributed by atoms with Gasteiger partial charge in [-0.2, -0.15) is 0 Å². The number of para-hydroxylation sites is 1. The van der Waals surface area contributed by atoms with Gasteiger partial charge in [0, 0.05) is 29.0 Å². The van der Waals surface area contributed by atoms with E-state index >= 15 is 0 Å². The summed E-state index contributed by atoms with van der Waals surface area (Å²) < 4.78 is 0.869. The zero-order valence-corrected chi connectivity index (χ0v) is 12.0. The molecular weight excluding hydrogens is 292 g/mol. The van der Waals surface area contributed by atoms with Gasteiger partial charge in [0.1, 0.15) is 5.82 Å². The number of halogens is 1. The maximum atomic E-state index is 9.42. The van der Waals surface area contributed by atoms with Crippen molar-refractivity contribution >= 4 is 27.4 Å². The van der Waals surface area contributed by atoms with Crippen LogP contribution in [0.3, 0.4) is 0 Å². The van der Waals surface area contributed by atoms with Crippen LogP contribution in [0, 0.1) is 6.92 Å². The molecule has 3 nitrogen and oxygen atoms in total. The summed E-state index contributed by atoms with van der Waals surface area (Å²) in [4.78, 5) is 6.38. The zero-order chi connectivity index (χ0) is 13.1. The molecule has 94 valence electrons. The molecule has 1 aromatic carbocycles. The van der Waals surface area contributed by atoms with Crippen LogP contribution in [0.1, 0.15) is 11.1 Å². The molecular formula is C14H15BrN2O. The smallest absolute Gasteiger partial charge is 0.138 e. The Bertz CT molecular complexity index is 557. The SMILES string of the molecule is Cc1ccccc1N(C)c1ncc(Br)cc1CO. The van der Waals surface area contributed by atoms with Crippen LogP contribution in [0.5, 0.6) is 0 Å². The predicted octanol–water partition coefficient (Wildman–Crippen LogP) is 3.41. The summed E-state index contributed by atoms with van der Waals surface area (Å²) in [6, 6.07) is 9.99. The summed E-state index contributed by atoms with van der Waals surface area (Å²) >= 11 is 3.36. The second-order valence-electron chi connectivity index (χ2n) is 4.14. The number of aliphatic hydroxyl groups is 1. The molecule has 0 amide bonds. The fourth-order valence-corrected chi connectivity index (χ4v) is 2.32. The number of benzene rings is 1. The lowest BCUT2D eigenvalue weighted by Gasteiger charge is -2.22. The van der Waals surface area contributed by atoms with Gasteiger partial charge in [-0.05, 0) is 40.5 Å². The first kappa shape index (κ1) is 13.1. The Kier molecular flexibility index (Phi) is 3.99. The van der Waals surface area contributed by atoms with E-state index in [0.717, 1.165) is 21.5 Å². The van der Waals surface area contributed by atoms with Gasteiger partial charge in [-0.15, -0.1) is 0 Å². The first-order chi connectivity index (χ1) is 8.63. The van der Waals surface area contributed by atoms with Crippen LogP contribution in [0.15, 0.2) is 41.0 Å². The van der Waals surface area contributed by atoms with Crippen LogP contribution in [0.25, 0.3) is 0 Å². The van der Waals surface area contributed by atoms with E-state index in [2.05, 4.69) is 33.9 Å². The minimum Gasteiger partial charge on any atom is -0.392 e. The Morgan fingerprint density at radius 3 is 2.72 bits per heavy atom. The minimum absolute atomic E-state index is 0.0298. The molecule has 0 saturated carbocycles. The van der Waals surface area contributed by atoms with Crippen molar-refractivity contribution in [2.75, 3.05) is 11.9 Å². The molecule has 2 aromatic rings. The molecule has 0 aliphatic rings. The van der Waals surface area contributed by atoms with E-state index in [1.807, 2.05) is 36.2 Å². The monoisotopic (exact) mass is 306 g/mol. The van der Waals surface area contributed by atoms with Crippen molar-refractivity contribution in [2.24, 2.45) is 0 Å². The van der Waals surface area contributed by atoms with E-state index in [1.54, 1.807) is 6.20 Å². The molecule has 0 radical (unpaired) electrons. The van der Waals surface area contributed by atoms with E-state index in [0.29, 0.717) is 0 Å². The number of anilines is 2. The number of hydrogen-bond acceptors (Lipinski definition) is 3. The number of hydrogen-bond donors (Lipinski definition) is 1. The molecule has 0 fully saturated rings. The van der Waals surface area contributed by atoms with Gasteiger partial charge in [-0.1, -0.05) is 18.2 Å². The molecule has 0 saturated heterocycles. The van der Waals surface area contributed by atoms with Crippen molar-refractivity contribution < 1.29 is 5.11 Å². The summed E-state index contributed by atoms with van der Waals surface area (Å²) in [5.41, 5.74) is 3.06. The lowest BCUT2D eigenvalue weighted by Crippen LogP contribution is -2.14. The summed E-state index contributed by atoms with van der Waals surface area (Å²) in [6.07, 6.45) is 1.74. The van der Waals surface area contributed by atoms with Crippen LogP contribution in [0.2, 0.25) is 0 Å². The second-order valence-corrected chi connectivity index (χ2v) is 5.06. The van der Waals surface area contributed by atoms with Crippen molar-refractivity contribution in [1.29, 1.82) is 0 Å². The summed E-state index contributed by atoms with van der Waals surface area (Å²) in [7, 11) is 1.96. The molecule has 0 bridgehead atoms. The van der Waals surface area contributed by atoms with Gasteiger partial charge < -0.3 is 10.0 Å². The van der Waals surface area contributed by atoms with Gasteiger partial charge >= 0.3 is 0 Å². The van der Waals surface area contributed by atoms with Gasteiger partial charge in [0.25, 0.3) is 0 Å². The Morgan fingerprint density at radius 1 is 1.33 bits per heavy atom. The topological polar surface area (TPSA) is 36.4 Å². The lowest BCUT2D eigenvalue weighted by atomic mass is 10.1. The number of nitrogens with zero attached hydrogens (tertiary/aromatic N) is 2. The van der Waals surface area contributed by atoms with Gasteiger partial charge in [0.05, 0.1) is 6.61 Å². The fourth-order valence-electron chi connectivity index (χ4n) is 1.95. The minimum atomic E-state index is -0.0298. The maximum Gasteiger partial charge on any atom is 0.138 e. The molecule has 0 aliphatic heterocycles. The fraction of sp³-hybridized carbons (Fsp3) is 0.214. The summed E-state index contributed by atoms with van der Waals surface area (Å²) in [5, 5.41) is 9.42. The number of aliphatic hydroxyl groups excluding tert-OH is 1. The Hall–Kier alpha value is -1.39. The molecule has 0 spiro atoms. The predicted molar refractivity (Wildman–Crippen MR) is 77.1 cm³/mol. The van der Waals surface area contributed by atoms with Crippen LogP contribution in [0.4, 0.5) is 11.5 Å². The van der Waals surface area contributed by atoms with Gasteiger partial charge in [0.15, 0.2) is 0 Å². The Labute approximate surface area is 115 Å². The third kappa shape index (κ3) is 2.54. The normalized spacial score (nSPS) is 10.4. The van der Waals surface area contributed by atoms with E-state index in [4.69, 9.17) is 0 Å². The Balaban J connectivity index is 2.46. The summed E-state index contributed by atoms with van der Waals surface area (Å²) in [5.74, 6) is 0.773. The van der Waals surface area contributed by atoms with E-state index in [-0.39, 0.29) is 6.61 Å². The third-order valence-electron chi connectivity index (χ3n) is 2.87. The van der Waals surface area contributed by atoms with E-state index < -0.39 is 0 Å². The van der Waals surface area contributed by atoms with Crippen molar-refractivity contribution in [2.45, 2.75) is 13.5 Å². The van der Waals surface area contributed by atoms with E-state index in [1.165, 1.54) is 5.56 Å². The standard InChI is InChI=1S/C14H15BrN2O/c1-10-5-3-4-6-13(10)17(2)14-11(9-18)7-12(15)8-16-14/h3-8,18H,9H2,1-2H3. The molecule has 2 rings (SSSR count). The van der Waals surface area contributed by atoms with Crippen LogP contribution < -0.4 is 4.90 Å². The quantitative estimate of drug-likeness (QED) is 0.944. The highest BCUT2D eigenvalue weighted by Crippen LogP contribution is 2.28. The third-order valence-corrected chi connectivity index (χ3v) is 3.31. The average Bonchev–Trinajstić information content (AvgIpc) is 2.38. The summed E-state index contributed by atoms with van der Waals surface area (Å²) in [6.45, 7) is 2.03.